The van der Waals surface area contributed by atoms with Crippen LogP contribution >= 0.6 is 27.7 Å². The van der Waals surface area contributed by atoms with Crippen LogP contribution in [0.2, 0.25) is 0 Å². The number of carbonyl (C=O) groups is 2. The molecule has 0 radical (unpaired) electrons. The Morgan fingerprint density at radius 2 is 1.73 bits per heavy atom. The molecular formula is C23H35BrO5S. The largest absolute Gasteiger partial charge is 0.465 e. The Hall–Kier alpha value is -1.05. The fourth-order valence-corrected chi connectivity index (χ4v) is 4.06. The van der Waals surface area contributed by atoms with Crippen LogP contribution in [-0.2, 0) is 29.2 Å². The molecule has 0 aliphatic rings. The van der Waals surface area contributed by atoms with Crippen molar-refractivity contribution in [3.05, 3.63) is 34.3 Å². The van der Waals surface area contributed by atoms with Gasteiger partial charge in [0.25, 0.3) is 0 Å². The molecule has 170 valence electrons. The maximum atomic E-state index is 13.1. The number of thioether (sulfide) groups is 1. The van der Waals surface area contributed by atoms with Crippen molar-refractivity contribution >= 4 is 39.6 Å². The van der Waals surface area contributed by atoms with Gasteiger partial charge in [0.05, 0.1) is 25.6 Å². The van der Waals surface area contributed by atoms with E-state index in [2.05, 4.69) is 29.8 Å². The Morgan fingerprint density at radius 1 is 1.07 bits per heavy atom. The van der Waals surface area contributed by atoms with Gasteiger partial charge in [-0.25, -0.2) is 0 Å². The van der Waals surface area contributed by atoms with Gasteiger partial charge < -0.3 is 14.2 Å². The second-order valence-corrected chi connectivity index (χ2v) is 11.2. The van der Waals surface area contributed by atoms with Gasteiger partial charge in [0, 0.05) is 10.2 Å². The Balaban J connectivity index is 2.81. The molecule has 7 heteroatoms. The predicted molar refractivity (Wildman–Crippen MR) is 126 cm³/mol. The molecule has 1 aromatic rings. The lowest BCUT2D eigenvalue weighted by molar-refractivity contribution is -0.164. The van der Waals surface area contributed by atoms with E-state index in [9.17, 15) is 9.59 Å². The summed E-state index contributed by atoms with van der Waals surface area (Å²) in [4.78, 5) is 24.6. The minimum Gasteiger partial charge on any atom is -0.465 e. The quantitative estimate of drug-likeness (QED) is 0.378. The summed E-state index contributed by atoms with van der Waals surface area (Å²) in [6.45, 7) is 14.4. The molecule has 30 heavy (non-hydrogen) atoms. The van der Waals surface area contributed by atoms with Gasteiger partial charge in [0.15, 0.2) is 0 Å². The molecule has 1 aromatic carbocycles. The van der Waals surface area contributed by atoms with Gasteiger partial charge in [-0.15, -0.1) is 11.8 Å². The first-order valence-electron chi connectivity index (χ1n) is 10.1. The molecule has 0 bridgehead atoms. The molecule has 0 heterocycles. The fourth-order valence-electron chi connectivity index (χ4n) is 2.67. The number of carbonyl (C=O) groups excluding carboxylic acids is 2. The van der Waals surface area contributed by atoms with Gasteiger partial charge in [-0.3, -0.25) is 9.59 Å². The van der Waals surface area contributed by atoms with E-state index >= 15 is 0 Å². The normalized spacial score (nSPS) is 14.1. The van der Waals surface area contributed by atoms with Crippen LogP contribution in [0.5, 0.6) is 0 Å². The second-order valence-electron chi connectivity index (χ2n) is 9.30. The molecular weight excluding hydrogens is 468 g/mol. The van der Waals surface area contributed by atoms with Gasteiger partial charge in [0.2, 0.25) is 0 Å². The summed E-state index contributed by atoms with van der Waals surface area (Å²) in [6.07, 6.45) is 0. The fraction of sp³-hybridized carbons (Fsp3) is 0.652. The van der Waals surface area contributed by atoms with E-state index in [4.69, 9.17) is 14.2 Å². The van der Waals surface area contributed by atoms with Crippen molar-refractivity contribution in [1.29, 1.82) is 0 Å². The maximum absolute atomic E-state index is 13.1. The second kappa shape index (κ2) is 11.5. The van der Waals surface area contributed by atoms with E-state index in [1.165, 1.54) is 11.8 Å². The number of rotatable bonds is 11. The Bertz CT molecular complexity index is 714. The zero-order valence-electron chi connectivity index (χ0n) is 19.2. The molecule has 1 rings (SSSR count). The zero-order chi connectivity index (χ0) is 23.0. The highest BCUT2D eigenvalue weighted by Crippen LogP contribution is 2.31. The van der Waals surface area contributed by atoms with Crippen LogP contribution in [0.1, 0.15) is 54.0 Å². The Labute approximate surface area is 193 Å². The molecule has 1 unspecified atom stereocenters. The summed E-state index contributed by atoms with van der Waals surface area (Å²) in [5.41, 5.74) is -0.859. The van der Waals surface area contributed by atoms with Crippen LogP contribution in [0.15, 0.2) is 28.7 Å². The smallest absolute Gasteiger partial charge is 0.319 e. The van der Waals surface area contributed by atoms with Gasteiger partial charge in [0.1, 0.15) is 11.0 Å². The van der Waals surface area contributed by atoms with Crippen LogP contribution in [0, 0.1) is 5.41 Å². The summed E-state index contributed by atoms with van der Waals surface area (Å²) in [7, 11) is 0. The molecule has 1 atom stereocenters. The van der Waals surface area contributed by atoms with Crippen LogP contribution in [0.25, 0.3) is 0 Å². The van der Waals surface area contributed by atoms with E-state index in [-0.39, 0.29) is 24.0 Å². The Morgan fingerprint density at radius 3 is 2.30 bits per heavy atom. The highest BCUT2D eigenvalue weighted by atomic mass is 79.9. The van der Waals surface area contributed by atoms with Crippen molar-refractivity contribution in [3.8, 4) is 0 Å². The minimum absolute atomic E-state index is 0.163. The Kier molecular flexibility index (Phi) is 10.4. The zero-order valence-corrected chi connectivity index (χ0v) is 21.6. The molecule has 5 nitrogen and oxygen atoms in total. The predicted octanol–water partition coefficient (Wildman–Crippen LogP) is 5.39. The van der Waals surface area contributed by atoms with Crippen molar-refractivity contribution in [1.82, 2.24) is 0 Å². The first kappa shape index (κ1) is 27.0. The summed E-state index contributed by atoms with van der Waals surface area (Å²) >= 11 is 5.01. The van der Waals surface area contributed by atoms with Gasteiger partial charge in [-0.05, 0) is 57.7 Å². The van der Waals surface area contributed by atoms with Gasteiger partial charge in [-0.2, -0.15) is 0 Å². The molecule has 0 aliphatic carbocycles. The molecule has 0 amide bonds. The van der Waals surface area contributed by atoms with E-state index in [0.29, 0.717) is 19.0 Å². The number of benzene rings is 1. The summed E-state index contributed by atoms with van der Waals surface area (Å²) in [6, 6.07) is 7.66. The third-order valence-corrected chi connectivity index (χ3v) is 6.13. The lowest BCUT2D eigenvalue weighted by atomic mass is 9.83. The SMILES string of the molecule is CCOC(=O)CSCC(C)(C)COCC(C)(C(=O)OC(C)(C)C)c1cccc(Br)c1. The van der Waals surface area contributed by atoms with Crippen molar-refractivity contribution in [3.63, 3.8) is 0 Å². The number of halogens is 1. The van der Waals surface area contributed by atoms with Gasteiger partial charge >= 0.3 is 11.9 Å². The van der Waals surface area contributed by atoms with Crippen LogP contribution in [0.4, 0.5) is 0 Å². The van der Waals surface area contributed by atoms with Crippen molar-refractivity contribution in [2.45, 2.75) is 59.5 Å². The molecule has 0 saturated heterocycles. The third kappa shape index (κ3) is 9.40. The van der Waals surface area contributed by atoms with E-state index in [1.807, 2.05) is 52.0 Å². The van der Waals surface area contributed by atoms with Crippen LogP contribution in [0.3, 0.4) is 0 Å². The first-order chi connectivity index (χ1) is 13.8. The van der Waals surface area contributed by atoms with Gasteiger partial charge in [-0.1, -0.05) is 41.9 Å². The molecule has 0 spiro atoms. The molecule has 0 N–H and O–H groups in total. The van der Waals surface area contributed by atoms with Crippen molar-refractivity contribution in [2.24, 2.45) is 5.41 Å². The first-order valence-corrected chi connectivity index (χ1v) is 12.0. The summed E-state index contributed by atoms with van der Waals surface area (Å²) < 4.78 is 17.6. The van der Waals surface area contributed by atoms with E-state index in [0.717, 1.165) is 15.8 Å². The lowest BCUT2D eigenvalue weighted by Crippen LogP contribution is -2.43. The topological polar surface area (TPSA) is 61.8 Å². The highest BCUT2D eigenvalue weighted by molar-refractivity contribution is 9.10. The maximum Gasteiger partial charge on any atom is 0.319 e. The monoisotopic (exact) mass is 502 g/mol. The molecule has 0 aromatic heterocycles. The molecule has 0 fully saturated rings. The average molecular weight is 503 g/mol. The number of hydrogen-bond donors (Lipinski definition) is 0. The van der Waals surface area contributed by atoms with Crippen LogP contribution < -0.4 is 0 Å². The van der Waals surface area contributed by atoms with Crippen LogP contribution in [-0.4, -0.2) is 48.9 Å². The summed E-state index contributed by atoms with van der Waals surface area (Å²) in [5.74, 6) is 0.547. The standard InChI is InChI=1S/C23H35BrO5S/c1-8-28-19(25)13-30-16-22(5,6)14-27-15-23(7,20(26)29-21(2,3)4)17-10-9-11-18(24)12-17/h9-12H,8,13-16H2,1-7H3. The van der Waals surface area contributed by atoms with Crippen molar-refractivity contribution in [2.75, 3.05) is 31.3 Å². The molecule has 0 saturated carbocycles. The number of ether oxygens (including phenoxy) is 3. The van der Waals surface area contributed by atoms with E-state index in [1.54, 1.807) is 6.92 Å². The summed E-state index contributed by atoms with van der Waals surface area (Å²) in [5, 5.41) is 0. The van der Waals surface area contributed by atoms with E-state index < -0.39 is 11.0 Å². The third-order valence-electron chi connectivity index (χ3n) is 4.21. The number of hydrogen-bond acceptors (Lipinski definition) is 6. The lowest BCUT2D eigenvalue weighted by Gasteiger charge is -2.33. The number of esters is 2. The average Bonchev–Trinajstić information content (AvgIpc) is 2.60. The molecule has 0 aliphatic heterocycles. The van der Waals surface area contributed by atoms with Crippen molar-refractivity contribution < 1.29 is 23.8 Å². The highest BCUT2D eigenvalue weighted by Gasteiger charge is 2.40. The minimum atomic E-state index is -0.939.